The van der Waals surface area contributed by atoms with Crippen LogP contribution in [0.25, 0.3) is 0 Å². The summed E-state index contributed by atoms with van der Waals surface area (Å²) >= 11 is 0. The number of unbranched alkanes of at least 4 members (excludes halogenated alkanes) is 27. The first kappa shape index (κ1) is 38.2. The summed E-state index contributed by atoms with van der Waals surface area (Å²) in [7, 11) is 0. The van der Waals surface area contributed by atoms with Crippen molar-refractivity contribution in [3.05, 3.63) is 18.2 Å². The van der Waals surface area contributed by atoms with Gasteiger partial charge in [0, 0.05) is 6.42 Å². The highest BCUT2D eigenvalue weighted by Gasteiger charge is 2.16. The second-order valence-corrected chi connectivity index (χ2v) is 13.4. The molecule has 0 bridgehead atoms. The number of nitrogens with zero attached hydrogens (tertiary/aromatic N) is 2. The zero-order valence-corrected chi connectivity index (χ0v) is 28.9. The predicted octanol–water partition coefficient (Wildman–Crippen LogP) is 13.1. The van der Waals surface area contributed by atoms with E-state index in [1.807, 2.05) is 0 Å². The van der Waals surface area contributed by atoms with E-state index in [1.165, 1.54) is 212 Å². The van der Waals surface area contributed by atoms with E-state index in [4.69, 9.17) is 0 Å². The van der Waals surface area contributed by atoms with E-state index in [9.17, 15) is 0 Å². The van der Waals surface area contributed by atoms with Gasteiger partial charge in [0.15, 0.2) is 0 Å². The van der Waals surface area contributed by atoms with E-state index >= 15 is 0 Å². The van der Waals surface area contributed by atoms with Gasteiger partial charge in [-0.1, -0.05) is 181 Å². The molecule has 0 aromatic carbocycles. The van der Waals surface area contributed by atoms with Crippen molar-refractivity contribution in [1.29, 1.82) is 0 Å². The number of aromatic nitrogens is 2. The van der Waals surface area contributed by atoms with Crippen LogP contribution in [0.3, 0.4) is 0 Å². The summed E-state index contributed by atoms with van der Waals surface area (Å²) in [6.45, 7) is 9.40. The molecule has 41 heavy (non-hydrogen) atoms. The predicted molar refractivity (Wildman–Crippen MR) is 184 cm³/mol. The second-order valence-electron chi connectivity index (χ2n) is 13.4. The molecule has 1 rings (SSSR count). The van der Waals surface area contributed by atoms with Crippen molar-refractivity contribution < 1.29 is 4.57 Å². The van der Waals surface area contributed by atoms with Gasteiger partial charge in [0.25, 0.3) is 5.82 Å². The highest BCUT2D eigenvalue weighted by Crippen LogP contribution is 2.15. The molecule has 0 aliphatic rings. The zero-order chi connectivity index (χ0) is 29.5. The maximum Gasteiger partial charge on any atom is 0.256 e. The Bertz CT molecular complexity index is 634. The van der Waals surface area contributed by atoms with Gasteiger partial charge in [-0.05, 0) is 32.1 Å². The quantitative estimate of drug-likeness (QED) is 0.0584. The number of rotatable bonds is 33. The van der Waals surface area contributed by atoms with Crippen LogP contribution in [0.15, 0.2) is 12.4 Å². The van der Waals surface area contributed by atoms with Gasteiger partial charge >= 0.3 is 0 Å². The fourth-order valence-corrected chi connectivity index (χ4v) is 6.50. The third-order valence-corrected chi connectivity index (χ3v) is 9.35. The molecule has 0 saturated heterocycles. The third kappa shape index (κ3) is 23.4. The van der Waals surface area contributed by atoms with E-state index in [2.05, 4.69) is 42.3 Å². The Morgan fingerprint density at radius 1 is 0.415 bits per heavy atom. The Hall–Kier alpha value is -0.790. The monoisotopic (exact) mass is 574 g/mol. The summed E-state index contributed by atoms with van der Waals surface area (Å²) in [6.07, 6.45) is 48.9. The maximum absolute atomic E-state index is 2.63. The van der Waals surface area contributed by atoms with Crippen molar-refractivity contribution in [3.63, 3.8) is 0 Å². The molecule has 242 valence electrons. The first-order valence-electron chi connectivity index (χ1n) is 19.4. The molecule has 0 unspecified atom stereocenters. The smallest absolute Gasteiger partial charge is 0.234 e. The maximum atomic E-state index is 2.63. The van der Waals surface area contributed by atoms with Crippen LogP contribution in [0.1, 0.15) is 219 Å². The van der Waals surface area contributed by atoms with Gasteiger partial charge in [-0.25, -0.2) is 9.13 Å². The second kappa shape index (κ2) is 30.7. The minimum Gasteiger partial charge on any atom is -0.234 e. The summed E-state index contributed by atoms with van der Waals surface area (Å²) in [6, 6.07) is 0. The van der Waals surface area contributed by atoms with Crippen molar-refractivity contribution in [3.8, 4) is 0 Å². The lowest BCUT2D eigenvalue weighted by molar-refractivity contribution is -0.704. The molecule has 1 aromatic rings. The Balaban J connectivity index is 2.28. The molecule has 0 spiro atoms. The first-order chi connectivity index (χ1) is 20.3. The third-order valence-electron chi connectivity index (χ3n) is 9.35. The molecule has 0 radical (unpaired) electrons. The van der Waals surface area contributed by atoms with E-state index in [0.717, 1.165) is 0 Å². The molecule has 0 aliphatic carbocycles. The van der Waals surface area contributed by atoms with Crippen molar-refractivity contribution in [2.45, 2.75) is 233 Å². The number of hydrogen-bond acceptors (Lipinski definition) is 0. The highest BCUT2D eigenvalue weighted by atomic mass is 15.1. The van der Waals surface area contributed by atoms with Gasteiger partial charge in [-0.2, -0.15) is 0 Å². The van der Waals surface area contributed by atoms with Gasteiger partial charge in [0.1, 0.15) is 12.4 Å². The van der Waals surface area contributed by atoms with E-state index < -0.39 is 0 Å². The summed E-state index contributed by atoms with van der Waals surface area (Å²) in [4.78, 5) is 0. The van der Waals surface area contributed by atoms with Crippen molar-refractivity contribution in [2.75, 3.05) is 0 Å². The molecule has 0 N–H and O–H groups in total. The van der Waals surface area contributed by atoms with Gasteiger partial charge in [0.2, 0.25) is 0 Å². The van der Waals surface area contributed by atoms with Crippen LogP contribution >= 0.6 is 0 Å². The first-order valence-corrected chi connectivity index (χ1v) is 19.4. The zero-order valence-electron chi connectivity index (χ0n) is 28.9. The van der Waals surface area contributed by atoms with Crippen LogP contribution in [-0.2, 0) is 19.5 Å². The lowest BCUT2D eigenvalue weighted by Gasteiger charge is -2.07. The van der Waals surface area contributed by atoms with Crippen LogP contribution in [0.5, 0.6) is 0 Å². The average molecular weight is 574 g/mol. The molecule has 1 heterocycles. The van der Waals surface area contributed by atoms with Crippen LogP contribution in [0, 0.1) is 0 Å². The normalized spacial score (nSPS) is 11.6. The fraction of sp³-hybridized carbons (Fsp3) is 0.923. The Kier molecular flexibility index (Phi) is 28.6. The standard InChI is InChI=1S/C39H77N2/c1-4-7-10-13-16-18-20-22-24-27-30-33-36-41-38-37-40(39(41)34-31-28-25-15-12-9-6-3)35-32-29-26-23-21-19-17-14-11-8-5-2/h37-38H,4-36H2,1-3H3/q+1. The Morgan fingerprint density at radius 2 is 0.756 bits per heavy atom. The minimum absolute atomic E-state index is 1.23. The summed E-state index contributed by atoms with van der Waals surface area (Å²) in [5.41, 5.74) is 0. The highest BCUT2D eigenvalue weighted by molar-refractivity contribution is 4.84. The Morgan fingerprint density at radius 3 is 1.17 bits per heavy atom. The fourth-order valence-electron chi connectivity index (χ4n) is 6.50. The number of imidazole rings is 1. The molecule has 0 amide bonds. The molecular formula is C39H77N2+. The molecule has 0 fully saturated rings. The van der Waals surface area contributed by atoms with Crippen molar-refractivity contribution in [1.82, 2.24) is 4.57 Å². The van der Waals surface area contributed by atoms with Gasteiger partial charge in [0.05, 0.1) is 13.1 Å². The van der Waals surface area contributed by atoms with Gasteiger partial charge in [-0.15, -0.1) is 0 Å². The van der Waals surface area contributed by atoms with E-state index in [1.54, 1.807) is 5.82 Å². The lowest BCUT2D eigenvalue weighted by atomic mass is 10.1. The van der Waals surface area contributed by atoms with Crippen molar-refractivity contribution in [2.24, 2.45) is 0 Å². The number of aryl methyl sites for hydroxylation is 2. The van der Waals surface area contributed by atoms with Crippen LogP contribution < -0.4 is 4.57 Å². The summed E-state index contributed by atoms with van der Waals surface area (Å²) in [5.74, 6) is 1.62. The molecule has 0 aliphatic heterocycles. The Labute approximate surface area is 259 Å². The van der Waals surface area contributed by atoms with Crippen LogP contribution in [0.4, 0.5) is 0 Å². The van der Waals surface area contributed by atoms with E-state index in [0.29, 0.717) is 0 Å². The van der Waals surface area contributed by atoms with E-state index in [-0.39, 0.29) is 0 Å². The topological polar surface area (TPSA) is 8.81 Å². The molecule has 1 aromatic heterocycles. The molecule has 0 atom stereocenters. The summed E-state index contributed by atoms with van der Waals surface area (Å²) < 4.78 is 5.26. The lowest BCUT2D eigenvalue weighted by Crippen LogP contribution is -2.37. The van der Waals surface area contributed by atoms with Crippen LogP contribution in [0.2, 0.25) is 0 Å². The molecule has 2 nitrogen and oxygen atoms in total. The molecule has 0 saturated carbocycles. The summed E-state index contributed by atoms with van der Waals surface area (Å²) in [5, 5.41) is 0. The molecule has 2 heteroatoms. The SMILES string of the molecule is CCCCCCCCCCCCCC[n+]1ccn(CCCCCCCCCCCCC)c1CCCCCCCCC. The number of hydrogen-bond donors (Lipinski definition) is 0. The van der Waals surface area contributed by atoms with Crippen LogP contribution in [-0.4, -0.2) is 4.57 Å². The average Bonchev–Trinajstić information content (AvgIpc) is 3.37. The minimum atomic E-state index is 1.23. The largest absolute Gasteiger partial charge is 0.256 e. The van der Waals surface area contributed by atoms with Gasteiger partial charge < -0.3 is 0 Å². The van der Waals surface area contributed by atoms with Gasteiger partial charge in [-0.3, -0.25) is 0 Å². The molecular weight excluding hydrogens is 496 g/mol. The van der Waals surface area contributed by atoms with Crippen molar-refractivity contribution >= 4 is 0 Å².